The molecule has 0 bridgehead atoms. The van der Waals surface area contributed by atoms with E-state index in [1.54, 1.807) is 6.92 Å². The van der Waals surface area contributed by atoms with Gasteiger partial charge < -0.3 is 19.7 Å². The molecule has 2 N–H and O–H groups in total. The van der Waals surface area contributed by atoms with Gasteiger partial charge >= 0.3 is 5.97 Å². The maximum absolute atomic E-state index is 13.8. The number of aliphatic carboxylic acids is 1. The van der Waals surface area contributed by atoms with Crippen molar-refractivity contribution >= 4 is 22.8 Å². The fraction of sp³-hybridized carbons (Fsp3) is 0.333. The molecule has 0 fully saturated rings. The zero-order chi connectivity index (χ0) is 16.3. The summed E-state index contributed by atoms with van der Waals surface area (Å²) in [6.07, 6.45) is -0.141. The van der Waals surface area contributed by atoms with E-state index in [0.717, 1.165) is 0 Å². The van der Waals surface area contributed by atoms with Crippen molar-refractivity contribution in [3.05, 3.63) is 29.7 Å². The van der Waals surface area contributed by atoms with Crippen LogP contribution in [0, 0.1) is 5.82 Å². The van der Waals surface area contributed by atoms with E-state index < -0.39 is 11.8 Å². The highest BCUT2D eigenvalue weighted by Crippen LogP contribution is 2.28. The van der Waals surface area contributed by atoms with Crippen LogP contribution in [0.15, 0.2) is 18.2 Å². The molecule has 1 aromatic carbocycles. The van der Waals surface area contributed by atoms with Gasteiger partial charge in [0.05, 0.1) is 19.0 Å². The number of rotatable bonds is 6. The number of halogens is 1. The zero-order valence-corrected chi connectivity index (χ0v) is 12.4. The maximum atomic E-state index is 13.8. The fourth-order valence-corrected chi connectivity index (χ4v) is 2.26. The molecule has 0 radical (unpaired) electrons. The average molecular weight is 308 g/mol. The lowest BCUT2D eigenvalue weighted by molar-refractivity contribution is -0.137. The fourth-order valence-electron chi connectivity index (χ4n) is 2.26. The number of ether oxygens (including phenoxy) is 1. The molecule has 6 nitrogen and oxygen atoms in total. The van der Waals surface area contributed by atoms with Gasteiger partial charge in [0.15, 0.2) is 0 Å². The highest BCUT2D eigenvalue weighted by Gasteiger charge is 2.19. The first-order valence-electron chi connectivity index (χ1n) is 6.84. The van der Waals surface area contributed by atoms with Crippen molar-refractivity contribution < 1.29 is 23.8 Å². The number of carboxylic acids is 1. The number of hydrogen-bond donors (Lipinski definition) is 2. The molecule has 0 saturated carbocycles. The molecule has 0 unspecified atom stereocenters. The molecule has 22 heavy (non-hydrogen) atoms. The normalized spacial score (nSPS) is 10.7. The first-order chi connectivity index (χ1) is 10.5. The molecule has 0 saturated heterocycles. The topological polar surface area (TPSA) is 82.6 Å². The SMILES string of the molecule is CCN(CCC(=O)O)C(=O)c1cc2c(OC)ccc(F)c2[nH]1. The van der Waals surface area contributed by atoms with Crippen molar-refractivity contribution in [2.24, 2.45) is 0 Å². The van der Waals surface area contributed by atoms with Crippen LogP contribution in [-0.4, -0.2) is 47.1 Å². The summed E-state index contributed by atoms with van der Waals surface area (Å²) in [5.74, 6) is -1.37. The van der Waals surface area contributed by atoms with Gasteiger partial charge in [0.2, 0.25) is 0 Å². The van der Waals surface area contributed by atoms with Gasteiger partial charge in [0.1, 0.15) is 17.3 Å². The summed E-state index contributed by atoms with van der Waals surface area (Å²) in [6, 6.07) is 4.26. The maximum Gasteiger partial charge on any atom is 0.305 e. The lowest BCUT2D eigenvalue weighted by atomic mass is 10.2. The van der Waals surface area contributed by atoms with Gasteiger partial charge in [0.25, 0.3) is 5.91 Å². The number of aromatic nitrogens is 1. The Morgan fingerprint density at radius 1 is 1.41 bits per heavy atom. The number of carboxylic acid groups (broad SMARTS) is 1. The van der Waals surface area contributed by atoms with Crippen LogP contribution in [0.3, 0.4) is 0 Å². The molecule has 1 aromatic heterocycles. The highest BCUT2D eigenvalue weighted by molar-refractivity contribution is 6.00. The predicted octanol–water partition coefficient (Wildman–Crippen LogP) is 2.25. The molecule has 0 aliphatic heterocycles. The van der Waals surface area contributed by atoms with Crippen molar-refractivity contribution in [3.63, 3.8) is 0 Å². The van der Waals surface area contributed by atoms with Gasteiger partial charge in [-0.2, -0.15) is 0 Å². The molecule has 0 aliphatic rings. The van der Waals surface area contributed by atoms with Crippen LogP contribution in [0.4, 0.5) is 4.39 Å². The van der Waals surface area contributed by atoms with Gasteiger partial charge in [-0.15, -0.1) is 0 Å². The molecule has 0 atom stereocenters. The monoisotopic (exact) mass is 308 g/mol. The first-order valence-corrected chi connectivity index (χ1v) is 6.84. The first kappa shape index (κ1) is 15.8. The largest absolute Gasteiger partial charge is 0.496 e. The summed E-state index contributed by atoms with van der Waals surface area (Å²) in [7, 11) is 1.46. The standard InChI is InChI=1S/C15H17FN2O4/c1-3-18(7-6-13(19)20)15(21)11-8-9-12(22-2)5-4-10(16)14(9)17-11/h4-5,8,17H,3,6-7H2,1-2H3,(H,19,20). The van der Waals surface area contributed by atoms with Crippen LogP contribution in [-0.2, 0) is 4.79 Å². The minimum absolute atomic E-state index is 0.0969. The van der Waals surface area contributed by atoms with Gasteiger partial charge in [-0.25, -0.2) is 4.39 Å². The number of nitrogens with one attached hydrogen (secondary N) is 1. The van der Waals surface area contributed by atoms with E-state index >= 15 is 0 Å². The smallest absolute Gasteiger partial charge is 0.305 e. The van der Waals surface area contributed by atoms with Crippen molar-refractivity contribution in [1.82, 2.24) is 9.88 Å². The second kappa shape index (κ2) is 6.46. The lowest BCUT2D eigenvalue weighted by Crippen LogP contribution is -2.33. The van der Waals surface area contributed by atoms with E-state index in [9.17, 15) is 14.0 Å². The van der Waals surface area contributed by atoms with E-state index in [0.29, 0.717) is 17.7 Å². The van der Waals surface area contributed by atoms with E-state index in [1.807, 2.05) is 0 Å². The number of fused-ring (bicyclic) bond motifs is 1. The minimum Gasteiger partial charge on any atom is -0.496 e. The molecule has 2 aromatic rings. The number of hydrogen-bond acceptors (Lipinski definition) is 3. The number of carbonyl (C=O) groups excluding carboxylic acids is 1. The van der Waals surface area contributed by atoms with Crippen LogP contribution in [0.25, 0.3) is 10.9 Å². The average Bonchev–Trinajstić information content (AvgIpc) is 2.94. The molecule has 7 heteroatoms. The van der Waals surface area contributed by atoms with E-state index in [-0.39, 0.29) is 30.1 Å². The van der Waals surface area contributed by atoms with Crippen molar-refractivity contribution in [3.8, 4) is 5.75 Å². The Bertz CT molecular complexity index is 711. The van der Waals surface area contributed by atoms with Crippen LogP contribution in [0.2, 0.25) is 0 Å². The summed E-state index contributed by atoms with van der Waals surface area (Å²) in [5, 5.41) is 9.19. The van der Waals surface area contributed by atoms with Gasteiger partial charge in [0, 0.05) is 18.5 Å². The molecule has 1 heterocycles. The molecular weight excluding hydrogens is 291 g/mol. The number of amides is 1. The number of H-pyrrole nitrogens is 1. The number of aromatic amines is 1. The lowest BCUT2D eigenvalue weighted by Gasteiger charge is -2.18. The summed E-state index contributed by atoms with van der Waals surface area (Å²) >= 11 is 0. The van der Waals surface area contributed by atoms with Gasteiger partial charge in [-0.05, 0) is 25.1 Å². The third kappa shape index (κ3) is 3.03. The van der Waals surface area contributed by atoms with Gasteiger partial charge in [-0.3, -0.25) is 9.59 Å². The third-order valence-corrected chi connectivity index (χ3v) is 3.42. The Kier molecular flexibility index (Phi) is 4.65. The Labute approximate surface area is 126 Å². The molecule has 118 valence electrons. The van der Waals surface area contributed by atoms with Crippen molar-refractivity contribution in [2.75, 3.05) is 20.2 Å². The van der Waals surface area contributed by atoms with Crippen LogP contribution in [0.1, 0.15) is 23.8 Å². The van der Waals surface area contributed by atoms with Crippen LogP contribution < -0.4 is 4.74 Å². The minimum atomic E-state index is -0.976. The van der Waals surface area contributed by atoms with Crippen molar-refractivity contribution in [2.45, 2.75) is 13.3 Å². The third-order valence-electron chi connectivity index (χ3n) is 3.42. The Hall–Kier alpha value is -2.57. The Morgan fingerprint density at radius 3 is 2.73 bits per heavy atom. The molecular formula is C15H17FN2O4. The number of methoxy groups -OCH3 is 1. The van der Waals surface area contributed by atoms with E-state index in [4.69, 9.17) is 9.84 Å². The zero-order valence-electron chi connectivity index (χ0n) is 12.4. The van der Waals surface area contributed by atoms with Crippen molar-refractivity contribution in [1.29, 1.82) is 0 Å². The molecule has 1 amide bonds. The van der Waals surface area contributed by atoms with E-state index in [1.165, 1.54) is 30.2 Å². The van der Waals surface area contributed by atoms with Crippen LogP contribution in [0.5, 0.6) is 5.75 Å². The Morgan fingerprint density at radius 2 is 2.14 bits per heavy atom. The number of nitrogens with zero attached hydrogens (tertiary/aromatic N) is 1. The van der Waals surface area contributed by atoms with Gasteiger partial charge in [-0.1, -0.05) is 0 Å². The summed E-state index contributed by atoms with van der Waals surface area (Å²) < 4.78 is 19.0. The second-order valence-electron chi connectivity index (χ2n) is 4.75. The number of benzene rings is 1. The predicted molar refractivity (Wildman–Crippen MR) is 78.6 cm³/mol. The molecule has 0 spiro atoms. The second-order valence-corrected chi connectivity index (χ2v) is 4.75. The van der Waals surface area contributed by atoms with Crippen LogP contribution >= 0.6 is 0 Å². The highest BCUT2D eigenvalue weighted by atomic mass is 19.1. The summed E-state index contributed by atoms with van der Waals surface area (Å²) in [4.78, 5) is 27.2. The summed E-state index contributed by atoms with van der Waals surface area (Å²) in [5.41, 5.74) is 0.391. The molecule has 2 rings (SSSR count). The Balaban J connectivity index is 2.35. The summed E-state index contributed by atoms with van der Waals surface area (Å²) in [6.45, 7) is 2.21. The molecule has 0 aliphatic carbocycles. The quantitative estimate of drug-likeness (QED) is 0.857. The number of carbonyl (C=O) groups is 2. The van der Waals surface area contributed by atoms with E-state index in [2.05, 4.69) is 4.98 Å².